The molecule has 6 heavy (non-hydrogen) atoms. The van der Waals surface area contributed by atoms with Crippen molar-refractivity contribution in [3.05, 3.63) is 12.7 Å². The third kappa shape index (κ3) is 8.82. The Kier molecular flexibility index (Phi) is 9.10. The molecule has 0 aliphatic heterocycles. The fourth-order valence-electron chi connectivity index (χ4n) is 0. The molecule has 0 saturated heterocycles. The Morgan fingerprint density at radius 3 is 2.00 bits per heavy atom. The molecule has 2 nitrogen and oxygen atoms in total. The van der Waals surface area contributed by atoms with E-state index >= 15 is 0 Å². The maximum absolute atomic E-state index is 9.25. The van der Waals surface area contributed by atoms with Crippen molar-refractivity contribution in [2.75, 3.05) is 0 Å². The van der Waals surface area contributed by atoms with Gasteiger partial charge in [0.2, 0.25) is 0 Å². The van der Waals surface area contributed by atoms with Gasteiger partial charge in [0.15, 0.2) is 0 Å². The standard InChI is InChI=1S/C3H4O2.Ce/c1-2-3(4)5;/h2H,1H2,(H,4,5);. The molecular formula is C3H4CeO2. The fourth-order valence-corrected chi connectivity index (χ4v) is 0. The summed E-state index contributed by atoms with van der Waals surface area (Å²) in [5.74, 6) is -0.981. The van der Waals surface area contributed by atoms with Crippen LogP contribution in [0.15, 0.2) is 12.7 Å². The molecule has 0 radical (unpaired) electrons. The molecular weight excluding hydrogens is 208 g/mol. The van der Waals surface area contributed by atoms with Crippen LogP contribution in [0, 0.1) is 41.7 Å². The molecule has 0 saturated carbocycles. The van der Waals surface area contributed by atoms with E-state index in [1.165, 1.54) is 0 Å². The van der Waals surface area contributed by atoms with E-state index < -0.39 is 5.97 Å². The number of aliphatic carboxylic acids is 1. The second-order valence-electron chi connectivity index (χ2n) is 0.542. The van der Waals surface area contributed by atoms with E-state index in [1.807, 2.05) is 0 Å². The van der Waals surface area contributed by atoms with Gasteiger partial charge in [-0.2, -0.15) is 0 Å². The number of carbonyl (C=O) groups is 1. The monoisotopic (exact) mass is 212 g/mol. The summed E-state index contributed by atoms with van der Waals surface area (Å²) in [6.07, 6.45) is 0.833. The summed E-state index contributed by atoms with van der Waals surface area (Å²) >= 11 is 0. The molecule has 3 heteroatoms. The van der Waals surface area contributed by atoms with Crippen molar-refractivity contribution in [1.82, 2.24) is 0 Å². The molecule has 0 fully saturated rings. The van der Waals surface area contributed by atoms with E-state index in [-0.39, 0.29) is 41.7 Å². The van der Waals surface area contributed by atoms with Crippen molar-refractivity contribution in [3.63, 3.8) is 0 Å². The first kappa shape index (κ1) is 9.77. The van der Waals surface area contributed by atoms with Crippen LogP contribution in [0.2, 0.25) is 0 Å². The fraction of sp³-hybridized carbons (Fsp3) is 0. The van der Waals surface area contributed by atoms with E-state index in [0.29, 0.717) is 0 Å². The van der Waals surface area contributed by atoms with Crippen molar-refractivity contribution >= 4 is 5.97 Å². The molecule has 0 heterocycles. The van der Waals surface area contributed by atoms with Gasteiger partial charge in [0.1, 0.15) is 0 Å². The van der Waals surface area contributed by atoms with Crippen molar-refractivity contribution in [2.45, 2.75) is 0 Å². The predicted octanol–water partition coefficient (Wildman–Crippen LogP) is 0.257. The summed E-state index contributed by atoms with van der Waals surface area (Å²) in [6, 6.07) is 0. The van der Waals surface area contributed by atoms with Gasteiger partial charge in [0.05, 0.1) is 0 Å². The number of carboxylic acid groups (broad SMARTS) is 1. The summed E-state index contributed by atoms with van der Waals surface area (Å²) in [5, 5.41) is 7.60. The van der Waals surface area contributed by atoms with Crippen LogP contribution in [0.1, 0.15) is 0 Å². The average Bonchev–Trinajstić information content (AvgIpc) is 1.38. The Labute approximate surface area is 69.6 Å². The van der Waals surface area contributed by atoms with Gasteiger partial charge in [-0.3, -0.25) is 0 Å². The number of hydrogen-bond donors (Lipinski definition) is 1. The van der Waals surface area contributed by atoms with Crippen molar-refractivity contribution in [3.8, 4) is 0 Å². The van der Waals surface area contributed by atoms with E-state index in [2.05, 4.69) is 6.58 Å². The molecule has 0 aliphatic rings. The largest absolute Gasteiger partial charge is 0.478 e. The SMILES string of the molecule is C=CC(=O)O.[Ce]. The van der Waals surface area contributed by atoms with Crippen LogP contribution in [0.4, 0.5) is 0 Å². The molecule has 0 rings (SSSR count). The topological polar surface area (TPSA) is 37.3 Å². The van der Waals surface area contributed by atoms with Gasteiger partial charge in [0.25, 0.3) is 0 Å². The first-order chi connectivity index (χ1) is 2.27. The van der Waals surface area contributed by atoms with Gasteiger partial charge >= 0.3 is 5.97 Å². The molecule has 0 aromatic carbocycles. The Morgan fingerprint density at radius 2 is 2.00 bits per heavy atom. The molecule has 0 atom stereocenters. The third-order valence-electron chi connectivity index (χ3n) is 0.175. The van der Waals surface area contributed by atoms with Crippen molar-refractivity contribution < 1.29 is 51.6 Å². The number of rotatable bonds is 1. The quantitative estimate of drug-likeness (QED) is 0.633. The zero-order valence-electron chi connectivity index (χ0n) is 3.14. The van der Waals surface area contributed by atoms with Crippen LogP contribution in [-0.4, -0.2) is 11.1 Å². The average molecular weight is 212 g/mol. The van der Waals surface area contributed by atoms with Gasteiger partial charge in [-0.05, 0) is 0 Å². The Bertz CT molecular complexity index is 59.8. The summed E-state index contributed by atoms with van der Waals surface area (Å²) in [6.45, 7) is 2.96. The maximum atomic E-state index is 9.25. The molecule has 0 spiro atoms. The number of carboxylic acids is 1. The summed E-state index contributed by atoms with van der Waals surface area (Å²) < 4.78 is 0. The summed E-state index contributed by atoms with van der Waals surface area (Å²) in [4.78, 5) is 9.25. The zero-order chi connectivity index (χ0) is 4.28. The minimum atomic E-state index is -0.981. The van der Waals surface area contributed by atoms with Gasteiger partial charge in [-0.25, -0.2) is 4.79 Å². The first-order valence-corrected chi connectivity index (χ1v) is 1.12. The van der Waals surface area contributed by atoms with Crippen LogP contribution in [-0.2, 0) is 4.79 Å². The molecule has 0 amide bonds. The summed E-state index contributed by atoms with van der Waals surface area (Å²) in [7, 11) is 0. The predicted molar refractivity (Wildman–Crippen MR) is 17.8 cm³/mol. The minimum absolute atomic E-state index is 0. The molecule has 0 aliphatic carbocycles. The molecule has 32 valence electrons. The van der Waals surface area contributed by atoms with Crippen molar-refractivity contribution in [2.24, 2.45) is 0 Å². The first-order valence-electron chi connectivity index (χ1n) is 1.12. The van der Waals surface area contributed by atoms with E-state index in [9.17, 15) is 4.79 Å². The zero-order valence-corrected chi connectivity index (χ0v) is 6.28. The molecule has 1 N–H and O–H groups in total. The molecule has 0 aromatic heterocycles. The van der Waals surface area contributed by atoms with Crippen LogP contribution < -0.4 is 0 Å². The van der Waals surface area contributed by atoms with Crippen LogP contribution in [0.3, 0.4) is 0 Å². The van der Waals surface area contributed by atoms with E-state index in [4.69, 9.17) is 5.11 Å². The van der Waals surface area contributed by atoms with Gasteiger partial charge in [-0.15, -0.1) is 0 Å². The number of hydrogen-bond acceptors (Lipinski definition) is 1. The normalized spacial score (nSPS) is 5.33. The van der Waals surface area contributed by atoms with Gasteiger partial charge in [-0.1, -0.05) is 6.58 Å². The van der Waals surface area contributed by atoms with Crippen LogP contribution >= 0.6 is 0 Å². The maximum Gasteiger partial charge on any atom is 0.327 e. The third-order valence-corrected chi connectivity index (χ3v) is 0.175. The van der Waals surface area contributed by atoms with E-state index in [0.717, 1.165) is 6.08 Å². The Balaban J connectivity index is 0. The molecule has 0 aromatic rings. The molecule has 0 unspecified atom stereocenters. The van der Waals surface area contributed by atoms with Crippen molar-refractivity contribution in [1.29, 1.82) is 0 Å². The summed E-state index contributed by atoms with van der Waals surface area (Å²) in [5.41, 5.74) is 0. The van der Waals surface area contributed by atoms with Gasteiger partial charge in [0, 0.05) is 47.8 Å². The van der Waals surface area contributed by atoms with Crippen LogP contribution in [0.25, 0.3) is 0 Å². The van der Waals surface area contributed by atoms with Crippen LogP contribution in [0.5, 0.6) is 0 Å². The Hall–Kier alpha value is 0.587. The second-order valence-corrected chi connectivity index (χ2v) is 0.542. The Morgan fingerprint density at radius 1 is 1.83 bits per heavy atom. The minimum Gasteiger partial charge on any atom is -0.478 e. The van der Waals surface area contributed by atoms with E-state index in [1.54, 1.807) is 0 Å². The second kappa shape index (κ2) is 5.59. The molecule has 0 bridgehead atoms. The smallest absolute Gasteiger partial charge is 0.327 e. The van der Waals surface area contributed by atoms with Gasteiger partial charge < -0.3 is 5.11 Å².